The molecule has 31 heavy (non-hydrogen) atoms. The molecule has 0 unspecified atom stereocenters. The highest BCUT2D eigenvalue weighted by Gasteiger charge is 2.14. The number of carbonyl (C=O) groups is 1. The molecule has 1 aromatic heterocycles. The van der Waals surface area contributed by atoms with E-state index in [4.69, 9.17) is 21.1 Å². The fourth-order valence-electron chi connectivity index (χ4n) is 3.27. The van der Waals surface area contributed by atoms with Crippen molar-refractivity contribution in [2.75, 3.05) is 7.11 Å². The monoisotopic (exact) mass is 435 g/mol. The third kappa shape index (κ3) is 5.16. The first kappa shape index (κ1) is 20.8. The van der Waals surface area contributed by atoms with E-state index in [2.05, 4.69) is 10.3 Å². The third-order valence-electron chi connectivity index (χ3n) is 4.84. The van der Waals surface area contributed by atoms with Crippen molar-refractivity contribution in [3.8, 4) is 11.5 Å². The van der Waals surface area contributed by atoms with Crippen LogP contribution in [0, 0.1) is 0 Å². The van der Waals surface area contributed by atoms with Crippen LogP contribution in [0.1, 0.15) is 11.4 Å². The Hall–Kier alpha value is -3.51. The summed E-state index contributed by atoms with van der Waals surface area (Å²) in [6.07, 6.45) is 0. The van der Waals surface area contributed by atoms with E-state index >= 15 is 0 Å². The van der Waals surface area contributed by atoms with Crippen LogP contribution in [0.5, 0.6) is 11.5 Å². The molecule has 158 valence electrons. The summed E-state index contributed by atoms with van der Waals surface area (Å²) in [5, 5.41) is 3.61. The standard InChI is InChI=1S/C24H22ClN3O3/c1-30-20-6-4-5-17(13-20)14-26-24(29)15-28-22-8-3-2-7-21(22)27-23(28)16-31-19-11-9-18(25)10-12-19/h2-13H,14-16H2,1H3,(H,26,29). The highest BCUT2D eigenvalue weighted by atomic mass is 35.5. The summed E-state index contributed by atoms with van der Waals surface area (Å²) in [7, 11) is 1.62. The number of ether oxygens (including phenoxy) is 2. The second-order valence-electron chi connectivity index (χ2n) is 6.97. The number of hydrogen-bond acceptors (Lipinski definition) is 4. The molecule has 0 aliphatic rings. The number of amides is 1. The van der Waals surface area contributed by atoms with Gasteiger partial charge in [0.25, 0.3) is 0 Å². The molecule has 0 aliphatic carbocycles. The second-order valence-corrected chi connectivity index (χ2v) is 7.41. The van der Waals surface area contributed by atoms with Gasteiger partial charge in [-0.3, -0.25) is 4.79 Å². The van der Waals surface area contributed by atoms with Gasteiger partial charge in [0.2, 0.25) is 5.91 Å². The molecule has 0 fully saturated rings. The van der Waals surface area contributed by atoms with E-state index in [0.29, 0.717) is 23.1 Å². The average molecular weight is 436 g/mol. The van der Waals surface area contributed by atoms with Gasteiger partial charge in [-0.05, 0) is 54.1 Å². The molecule has 3 aromatic carbocycles. The number of halogens is 1. The molecule has 0 saturated heterocycles. The molecule has 0 spiro atoms. The second kappa shape index (κ2) is 9.53. The summed E-state index contributed by atoms with van der Waals surface area (Å²) in [5.74, 6) is 2.01. The summed E-state index contributed by atoms with van der Waals surface area (Å²) in [6.45, 7) is 0.794. The van der Waals surface area contributed by atoms with Gasteiger partial charge in [-0.25, -0.2) is 4.98 Å². The van der Waals surface area contributed by atoms with Crippen LogP contribution in [0.4, 0.5) is 0 Å². The lowest BCUT2D eigenvalue weighted by molar-refractivity contribution is -0.121. The molecule has 7 heteroatoms. The minimum Gasteiger partial charge on any atom is -0.497 e. The predicted molar refractivity (Wildman–Crippen MR) is 120 cm³/mol. The van der Waals surface area contributed by atoms with Crippen molar-refractivity contribution >= 4 is 28.5 Å². The number of carbonyl (C=O) groups excluding carboxylic acids is 1. The first-order chi connectivity index (χ1) is 15.1. The van der Waals surface area contributed by atoms with E-state index < -0.39 is 0 Å². The molecule has 0 saturated carbocycles. The van der Waals surface area contributed by atoms with Gasteiger partial charge in [0.05, 0.1) is 18.1 Å². The molecule has 1 amide bonds. The lowest BCUT2D eigenvalue weighted by atomic mass is 10.2. The molecule has 0 bridgehead atoms. The van der Waals surface area contributed by atoms with Gasteiger partial charge in [-0.1, -0.05) is 35.9 Å². The zero-order valence-electron chi connectivity index (χ0n) is 17.0. The lowest BCUT2D eigenvalue weighted by Gasteiger charge is -2.11. The largest absolute Gasteiger partial charge is 0.497 e. The van der Waals surface area contributed by atoms with Crippen LogP contribution >= 0.6 is 11.6 Å². The maximum Gasteiger partial charge on any atom is 0.240 e. The number of imidazole rings is 1. The summed E-state index contributed by atoms with van der Waals surface area (Å²) in [5.41, 5.74) is 2.67. The van der Waals surface area contributed by atoms with E-state index in [1.165, 1.54) is 0 Å². The summed E-state index contributed by atoms with van der Waals surface area (Å²) >= 11 is 5.93. The molecular weight excluding hydrogens is 414 g/mol. The van der Waals surface area contributed by atoms with Crippen LogP contribution in [0.25, 0.3) is 11.0 Å². The Morgan fingerprint density at radius 2 is 1.84 bits per heavy atom. The van der Waals surface area contributed by atoms with Crippen LogP contribution in [-0.2, 0) is 24.5 Å². The summed E-state index contributed by atoms with van der Waals surface area (Å²) < 4.78 is 13.0. The number of hydrogen-bond donors (Lipinski definition) is 1. The van der Waals surface area contributed by atoms with Crippen LogP contribution < -0.4 is 14.8 Å². The molecule has 0 aliphatic heterocycles. The zero-order valence-corrected chi connectivity index (χ0v) is 17.8. The van der Waals surface area contributed by atoms with E-state index in [0.717, 1.165) is 22.3 Å². The highest BCUT2D eigenvalue weighted by molar-refractivity contribution is 6.30. The lowest BCUT2D eigenvalue weighted by Crippen LogP contribution is -2.28. The Morgan fingerprint density at radius 1 is 1.03 bits per heavy atom. The summed E-state index contributed by atoms with van der Waals surface area (Å²) in [6, 6.07) is 22.5. The van der Waals surface area contributed by atoms with E-state index in [1.807, 2.05) is 53.1 Å². The normalized spacial score (nSPS) is 10.8. The highest BCUT2D eigenvalue weighted by Crippen LogP contribution is 2.20. The molecule has 0 radical (unpaired) electrons. The van der Waals surface area contributed by atoms with Gasteiger partial charge in [-0.15, -0.1) is 0 Å². The quantitative estimate of drug-likeness (QED) is 0.439. The fraction of sp³-hybridized carbons (Fsp3) is 0.167. The van der Waals surface area contributed by atoms with Crippen molar-refractivity contribution in [3.63, 3.8) is 0 Å². The predicted octanol–water partition coefficient (Wildman–Crippen LogP) is 4.59. The van der Waals surface area contributed by atoms with Gasteiger partial charge in [-0.2, -0.15) is 0 Å². The number of benzene rings is 3. The third-order valence-corrected chi connectivity index (χ3v) is 5.09. The Morgan fingerprint density at radius 3 is 2.65 bits per heavy atom. The van der Waals surface area contributed by atoms with E-state index in [-0.39, 0.29) is 19.1 Å². The molecular formula is C24H22ClN3O3. The van der Waals surface area contributed by atoms with Crippen molar-refractivity contribution in [1.82, 2.24) is 14.9 Å². The van der Waals surface area contributed by atoms with Crippen molar-refractivity contribution in [3.05, 3.63) is 89.2 Å². The summed E-state index contributed by atoms with van der Waals surface area (Å²) in [4.78, 5) is 17.4. The Labute approximate surface area is 185 Å². The SMILES string of the molecule is COc1cccc(CNC(=O)Cn2c(COc3ccc(Cl)cc3)nc3ccccc32)c1. The number of rotatable bonds is 8. The Bertz CT molecular complexity index is 1190. The molecule has 4 rings (SSSR count). The fourth-order valence-corrected chi connectivity index (χ4v) is 3.40. The Kier molecular flexibility index (Phi) is 6.38. The zero-order chi connectivity index (χ0) is 21.6. The van der Waals surface area contributed by atoms with Crippen LogP contribution in [0.3, 0.4) is 0 Å². The minimum absolute atomic E-state index is 0.112. The smallest absolute Gasteiger partial charge is 0.240 e. The van der Waals surface area contributed by atoms with Gasteiger partial charge >= 0.3 is 0 Å². The van der Waals surface area contributed by atoms with Gasteiger partial charge in [0.15, 0.2) is 0 Å². The van der Waals surface area contributed by atoms with Gasteiger partial charge in [0, 0.05) is 11.6 Å². The maximum atomic E-state index is 12.7. The van der Waals surface area contributed by atoms with Crippen LogP contribution in [-0.4, -0.2) is 22.6 Å². The van der Waals surface area contributed by atoms with Crippen LogP contribution in [0.15, 0.2) is 72.8 Å². The average Bonchev–Trinajstić information content (AvgIpc) is 3.15. The topological polar surface area (TPSA) is 65.4 Å². The van der Waals surface area contributed by atoms with Gasteiger partial charge < -0.3 is 19.4 Å². The number of para-hydroxylation sites is 2. The first-order valence-corrected chi connectivity index (χ1v) is 10.2. The molecule has 4 aromatic rings. The van der Waals surface area contributed by atoms with Crippen LogP contribution in [0.2, 0.25) is 5.02 Å². The van der Waals surface area contributed by atoms with E-state index in [9.17, 15) is 4.79 Å². The first-order valence-electron chi connectivity index (χ1n) is 9.84. The number of methoxy groups -OCH3 is 1. The molecule has 0 atom stereocenters. The Balaban J connectivity index is 1.48. The molecule has 6 nitrogen and oxygen atoms in total. The van der Waals surface area contributed by atoms with Crippen molar-refractivity contribution in [2.24, 2.45) is 0 Å². The maximum absolute atomic E-state index is 12.7. The number of nitrogens with zero attached hydrogens (tertiary/aromatic N) is 2. The molecule has 1 heterocycles. The molecule has 1 N–H and O–H groups in total. The number of fused-ring (bicyclic) bond motifs is 1. The van der Waals surface area contributed by atoms with E-state index in [1.54, 1.807) is 31.4 Å². The number of aromatic nitrogens is 2. The minimum atomic E-state index is -0.112. The van der Waals surface area contributed by atoms with Crippen molar-refractivity contribution in [1.29, 1.82) is 0 Å². The van der Waals surface area contributed by atoms with Gasteiger partial charge in [0.1, 0.15) is 30.5 Å². The van der Waals surface area contributed by atoms with Crippen molar-refractivity contribution in [2.45, 2.75) is 19.7 Å². The number of nitrogens with one attached hydrogen (secondary N) is 1. The van der Waals surface area contributed by atoms with Crippen molar-refractivity contribution < 1.29 is 14.3 Å².